The maximum atomic E-state index is 10.7. The first-order valence-electron chi connectivity index (χ1n) is 4.65. The molecule has 1 aromatic carbocycles. The zero-order valence-corrected chi connectivity index (χ0v) is 10.1. The zero-order valence-electron chi connectivity index (χ0n) is 8.49. The molecule has 0 aliphatic heterocycles. The number of aryl methyl sites for hydroxylation is 1. The standard InChI is InChI=1S/C12H9ClO2S/c1-7-6-10(12(14)15)16-11(7)8-2-4-9(13)5-3-8/h2-6H,1H3,(H,14,15)/p-1. The molecule has 0 bridgehead atoms. The lowest BCUT2D eigenvalue weighted by Gasteiger charge is -1.99. The van der Waals surface area contributed by atoms with Gasteiger partial charge in [-0.3, -0.25) is 0 Å². The summed E-state index contributed by atoms with van der Waals surface area (Å²) >= 11 is 7.02. The van der Waals surface area contributed by atoms with Crippen LogP contribution < -0.4 is 5.11 Å². The van der Waals surface area contributed by atoms with Gasteiger partial charge in [-0.2, -0.15) is 0 Å². The second-order valence-electron chi connectivity index (χ2n) is 3.42. The number of aromatic carboxylic acids is 1. The van der Waals surface area contributed by atoms with E-state index in [1.165, 1.54) is 11.3 Å². The van der Waals surface area contributed by atoms with E-state index in [2.05, 4.69) is 0 Å². The second kappa shape index (κ2) is 4.28. The first kappa shape index (κ1) is 11.2. The third kappa shape index (κ3) is 2.10. The molecule has 0 amide bonds. The Morgan fingerprint density at radius 2 is 1.94 bits per heavy atom. The summed E-state index contributed by atoms with van der Waals surface area (Å²) in [4.78, 5) is 11.9. The van der Waals surface area contributed by atoms with Crippen LogP contribution in [0.25, 0.3) is 10.4 Å². The molecule has 0 unspecified atom stereocenters. The molecule has 82 valence electrons. The van der Waals surface area contributed by atoms with Gasteiger partial charge in [0.15, 0.2) is 0 Å². The van der Waals surface area contributed by atoms with Crippen LogP contribution in [0.5, 0.6) is 0 Å². The van der Waals surface area contributed by atoms with Crippen molar-refractivity contribution in [2.24, 2.45) is 0 Å². The maximum absolute atomic E-state index is 10.7. The van der Waals surface area contributed by atoms with E-state index in [1.54, 1.807) is 18.2 Å². The van der Waals surface area contributed by atoms with E-state index in [0.717, 1.165) is 16.0 Å². The maximum Gasteiger partial charge on any atom is 0.0815 e. The van der Waals surface area contributed by atoms with Gasteiger partial charge in [-0.05, 0) is 36.2 Å². The highest BCUT2D eigenvalue weighted by Crippen LogP contribution is 2.32. The molecule has 0 fully saturated rings. The number of carbonyl (C=O) groups excluding carboxylic acids is 1. The summed E-state index contributed by atoms with van der Waals surface area (Å²) < 4.78 is 0. The summed E-state index contributed by atoms with van der Waals surface area (Å²) in [7, 11) is 0. The molecule has 0 aliphatic rings. The summed E-state index contributed by atoms with van der Waals surface area (Å²) in [5.41, 5.74) is 1.91. The Labute approximate surface area is 102 Å². The molecule has 2 rings (SSSR count). The Hall–Kier alpha value is -1.32. The minimum Gasteiger partial charge on any atom is -0.544 e. The number of hydrogen-bond acceptors (Lipinski definition) is 3. The van der Waals surface area contributed by atoms with Crippen LogP contribution >= 0.6 is 22.9 Å². The Kier molecular flexibility index (Phi) is 2.99. The van der Waals surface area contributed by atoms with Gasteiger partial charge < -0.3 is 9.90 Å². The Morgan fingerprint density at radius 1 is 1.31 bits per heavy atom. The second-order valence-corrected chi connectivity index (χ2v) is 4.91. The molecule has 0 N–H and O–H groups in total. The first-order valence-corrected chi connectivity index (χ1v) is 5.85. The van der Waals surface area contributed by atoms with E-state index >= 15 is 0 Å². The molecule has 4 heteroatoms. The third-order valence-corrected chi connectivity index (χ3v) is 3.74. The first-order chi connectivity index (χ1) is 7.58. The number of thiophene rings is 1. The lowest BCUT2D eigenvalue weighted by molar-refractivity contribution is -0.254. The van der Waals surface area contributed by atoms with Crippen molar-refractivity contribution in [1.82, 2.24) is 0 Å². The monoisotopic (exact) mass is 251 g/mol. The van der Waals surface area contributed by atoms with Crippen LogP contribution in [-0.2, 0) is 0 Å². The highest BCUT2D eigenvalue weighted by molar-refractivity contribution is 7.17. The van der Waals surface area contributed by atoms with E-state index in [1.807, 2.05) is 19.1 Å². The van der Waals surface area contributed by atoms with Crippen molar-refractivity contribution in [1.29, 1.82) is 0 Å². The lowest BCUT2D eigenvalue weighted by Crippen LogP contribution is -2.20. The van der Waals surface area contributed by atoms with Crippen molar-refractivity contribution in [2.45, 2.75) is 6.92 Å². The van der Waals surface area contributed by atoms with Crippen molar-refractivity contribution in [2.75, 3.05) is 0 Å². The Morgan fingerprint density at radius 3 is 2.44 bits per heavy atom. The van der Waals surface area contributed by atoms with E-state index in [0.29, 0.717) is 5.02 Å². The van der Waals surface area contributed by atoms with Gasteiger partial charge in [0.2, 0.25) is 0 Å². The van der Waals surface area contributed by atoms with Crippen LogP contribution in [0.1, 0.15) is 15.2 Å². The molecule has 1 heterocycles. The summed E-state index contributed by atoms with van der Waals surface area (Å²) in [6, 6.07) is 8.95. The number of carbonyl (C=O) groups is 1. The van der Waals surface area contributed by atoms with E-state index in [4.69, 9.17) is 11.6 Å². The predicted molar refractivity (Wildman–Crippen MR) is 63.8 cm³/mol. The van der Waals surface area contributed by atoms with Crippen LogP contribution in [-0.4, -0.2) is 5.97 Å². The van der Waals surface area contributed by atoms with Crippen molar-refractivity contribution in [3.8, 4) is 10.4 Å². The van der Waals surface area contributed by atoms with E-state index in [-0.39, 0.29) is 4.88 Å². The topological polar surface area (TPSA) is 40.1 Å². The summed E-state index contributed by atoms with van der Waals surface area (Å²) in [6.45, 7) is 1.88. The molecule has 0 atom stereocenters. The van der Waals surface area contributed by atoms with Gasteiger partial charge in [-0.1, -0.05) is 23.7 Å². The van der Waals surface area contributed by atoms with Crippen LogP contribution in [0.2, 0.25) is 5.02 Å². The average molecular weight is 252 g/mol. The highest BCUT2D eigenvalue weighted by atomic mass is 35.5. The van der Waals surface area contributed by atoms with Crippen LogP contribution in [0.4, 0.5) is 0 Å². The number of halogens is 1. The van der Waals surface area contributed by atoms with Gasteiger partial charge in [-0.25, -0.2) is 0 Å². The number of benzene rings is 1. The van der Waals surface area contributed by atoms with E-state index in [9.17, 15) is 9.90 Å². The molecule has 2 nitrogen and oxygen atoms in total. The number of hydrogen-bond donors (Lipinski definition) is 0. The largest absolute Gasteiger partial charge is 0.544 e. The van der Waals surface area contributed by atoms with Gasteiger partial charge in [-0.15, -0.1) is 11.3 Å². The molecule has 0 saturated carbocycles. The van der Waals surface area contributed by atoms with Crippen molar-refractivity contribution in [3.05, 3.63) is 45.8 Å². The summed E-state index contributed by atoms with van der Waals surface area (Å²) in [5, 5.41) is 11.4. The van der Waals surface area contributed by atoms with Gasteiger partial charge in [0.05, 0.1) is 10.8 Å². The molecule has 0 radical (unpaired) electrons. The minimum atomic E-state index is -1.13. The average Bonchev–Trinajstić information content (AvgIpc) is 2.62. The smallest absolute Gasteiger partial charge is 0.0815 e. The normalized spacial score (nSPS) is 10.4. The highest BCUT2D eigenvalue weighted by Gasteiger charge is 2.08. The molecule has 0 saturated heterocycles. The molecular weight excluding hydrogens is 244 g/mol. The summed E-state index contributed by atoms with van der Waals surface area (Å²) in [6.07, 6.45) is 0. The van der Waals surface area contributed by atoms with Crippen molar-refractivity contribution >= 4 is 28.9 Å². The quantitative estimate of drug-likeness (QED) is 0.823. The molecule has 1 aromatic heterocycles. The number of carboxylic acids is 1. The summed E-state index contributed by atoms with van der Waals surface area (Å²) in [5.74, 6) is -1.13. The molecule has 16 heavy (non-hydrogen) atoms. The fourth-order valence-electron chi connectivity index (χ4n) is 1.47. The fraction of sp³-hybridized carbons (Fsp3) is 0.0833. The molecular formula is C12H8ClO2S-. The van der Waals surface area contributed by atoms with Crippen LogP contribution in [0.15, 0.2) is 30.3 Å². The van der Waals surface area contributed by atoms with Crippen LogP contribution in [0, 0.1) is 6.92 Å². The van der Waals surface area contributed by atoms with Crippen molar-refractivity contribution in [3.63, 3.8) is 0 Å². The van der Waals surface area contributed by atoms with Gasteiger partial charge >= 0.3 is 0 Å². The molecule has 2 aromatic rings. The lowest BCUT2D eigenvalue weighted by atomic mass is 10.1. The minimum absolute atomic E-state index is 0.252. The van der Waals surface area contributed by atoms with Gasteiger partial charge in [0, 0.05) is 9.90 Å². The zero-order chi connectivity index (χ0) is 11.7. The predicted octanol–water partition coefficient (Wildman–Crippen LogP) is 2.74. The third-order valence-electron chi connectivity index (χ3n) is 2.23. The Bertz CT molecular complexity index is 528. The van der Waals surface area contributed by atoms with E-state index < -0.39 is 5.97 Å². The number of carboxylic acid groups (broad SMARTS) is 1. The fourth-order valence-corrected chi connectivity index (χ4v) is 2.61. The van der Waals surface area contributed by atoms with Crippen LogP contribution in [0.3, 0.4) is 0 Å². The Balaban J connectivity index is 2.47. The van der Waals surface area contributed by atoms with Crippen molar-refractivity contribution < 1.29 is 9.90 Å². The molecule has 0 spiro atoms. The number of rotatable bonds is 2. The molecule has 0 aliphatic carbocycles. The SMILES string of the molecule is Cc1cc(C(=O)[O-])sc1-c1ccc(Cl)cc1. The van der Waals surface area contributed by atoms with Gasteiger partial charge in [0.25, 0.3) is 0 Å². The van der Waals surface area contributed by atoms with Gasteiger partial charge in [0.1, 0.15) is 0 Å².